The lowest BCUT2D eigenvalue weighted by Crippen LogP contribution is -2.41. The molecule has 0 radical (unpaired) electrons. The van der Waals surface area contributed by atoms with Crippen LogP contribution in [0.25, 0.3) is 0 Å². The van der Waals surface area contributed by atoms with Gasteiger partial charge in [0.05, 0.1) is 0 Å². The highest BCUT2D eigenvalue weighted by Gasteiger charge is 2.26. The number of nitrogens with zero attached hydrogens (tertiary/aromatic N) is 1. The van der Waals surface area contributed by atoms with Crippen molar-refractivity contribution in [3.05, 3.63) is 83.9 Å². The van der Waals surface area contributed by atoms with Crippen LogP contribution in [0.5, 0.6) is 0 Å². The number of carbonyl (C=O) groups is 2. The summed E-state index contributed by atoms with van der Waals surface area (Å²) in [5.74, 6) is -0.121. The van der Waals surface area contributed by atoms with Gasteiger partial charge in [-0.05, 0) is 42.2 Å². The van der Waals surface area contributed by atoms with Crippen molar-refractivity contribution in [1.29, 1.82) is 0 Å². The van der Waals surface area contributed by atoms with E-state index in [0.29, 0.717) is 24.7 Å². The first-order chi connectivity index (χ1) is 13.7. The summed E-state index contributed by atoms with van der Waals surface area (Å²) in [5, 5.41) is 2.75. The number of hydrogen-bond donors (Lipinski definition) is 1. The molecule has 0 bridgehead atoms. The largest absolute Gasteiger partial charge is 0.348 e. The molecule has 1 N–H and O–H groups in total. The monoisotopic (exact) mass is 376 g/mol. The lowest BCUT2D eigenvalue weighted by molar-refractivity contribution is -0.116. The molecule has 1 aliphatic rings. The molecule has 28 heavy (non-hydrogen) atoms. The first-order valence-corrected chi connectivity index (χ1v) is 10.0. The van der Waals surface area contributed by atoms with Gasteiger partial charge in [-0.25, -0.2) is 0 Å². The van der Waals surface area contributed by atoms with Gasteiger partial charge >= 0.3 is 0 Å². The van der Waals surface area contributed by atoms with Gasteiger partial charge in [0.25, 0.3) is 5.91 Å². The van der Waals surface area contributed by atoms with Gasteiger partial charge in [-0.15, -0.1) is 0 Å². The van der Waals surface area contributed by atoms with Crippen LogP contribution in [0.1, 0.15) is 53.6 Å². The summed E-state index contributed by atoms with van der Waals surface area (Å²) >= 11 is 0. The second-order valence-electron chi connectivity index (χ2n) is 7.33. The van der Waals surface area contributed by atoms with Crippen molar-refractivity contribution in [3.8, 4) is 0 Å². The van der Waals surface area contributed by atoms with Gasteiger partial charge in [-0.3, -0.25) is 9.59 Å². The highest BCUT2D eigenvalue weighted by molar-refractivity contribution is 5.94. The minimum Gasteiger partial charge on any atom is -0.348 e. The van der Waals surface area contributed by atoms with Gasteiger partial charge < -0.3 is 10.2 Å². The third-order valence-electron chi connectivity index (χ3n) is 5.33. The van der Waals surface area contributed by atoms with Crippen molar-refractivity contribution in [2.45, 2.75) is 51.2 Å². The Bertz CT molecular complexity index is 793. The highest BCUT2D eigenvalue weighted by atomic mass is 16.2. The summed E-state index contributed by atoms with van der Waals surface area (Å²) in [6, 6.07) is 18.0. The fourth-order valence-electron chi connectivity index (χ4n) is 3.73. The Labute approximate surface area is 167 Å². The molecule has 0 aromatic heterocycles. The second kappa shape index (κ2) is 9.88. The average Bonchev–Trinajstić information content (AvgIpc) is 2.77. The van der Waals surface area contributed by atoms with E-state index in [2.05, 4.69) is 24.0 Å². The number of hydrogen-bond acceptors (Lipinski definition) is 2. The molecule has 1 fully saturated rings. The Kier molecular flexibility index (Phi) is 7.01. The smallest absolute Gasteiger partial charge is 0.254 e. The van der Waals surface area contributed by atoms with E-state index in [9.17, 15) is 9.59 Å². The standard InChI is InChI=1S/C24H28N2O2/c1-2-23(27)25-17-19-13-15-21(16-14-19)24(28)26(22-11-7-4-8-12-22)18-20-9-5-3-6-10-20/h2-3,5-6,9-10,13-16,22H,1,4,7-8,11-12,17-18H2,(H,25,27). The Hall–Kier alpha value is -2.88. The van der Waals surface area contributed by atoms with E-state index >= 15 is 0 Å². The SMILES string of the molecule is C=CC(=O)NCc1ccc(C(=O)N(Cc2ccccc2)C2CCCCC2)cc1. The number of carbonyl (C=O) groups excluding carboxylic acids is 2. The van der Waals surface area contributed by atoms with Crippen molar-refractivity contribution in [1.82, 2.24) is 10.2 Å². The van der Waals surface area contributed by atoms with Crippen LogP contribution in [-0.4, -0.2) is 22.8 Å². The molecule has 1 saturated carbocycles. The Morgan fingerprint density at radius 3 is 2.29 bits per heavy atom. The maximum absolute atomic E-state index is 13.3. The number of nitrogens with one attached hydrogen (secondary N) is 1. The molecule has 2 aromatic carbocycles. The zero-order chi connectivity index (χ0) is 19.8. The van der Waals surface area contributed by atoms with Crippen molar-refractivity contribution < 1.29 is 9.59 Å². The van der Waals surface area contributed by atoms with E-state index in [1.54, 1.807) is 0 Å². The van der Waals surface area contributed by atoms with Crippen LogP contribution in [0.3, 0.4) is 0 Å². The first-order valence-electron chi connectivity index (χ1n) is 10.0. The van der Waals surface area contributed by atoms with Gasteiger partial charge in [0.2, 0.25) is 5.91 Å². The molecule has 0 unspecified atom stereocenters. The Balaban J connectivity index is 1.74. The van der Waals surface area contributed by atoms with Gasteiger partial charge in [-0.1, -0.05) is 68.3 Å². The topological polar surface area (TPSA) is 49.4 Å². The molecule has 0 heterocycles. The van der Waals surface area contributed by atoms with E-state index in [4.69, 9.17) is 0 Å². The number of amides is 2. The Morgan fingerprint density at radius 1 is 0.964 bits per heavy atom. The summed E-state index contributed by atoms with van der Waals surface area (Å²) in [5.41, 5.74) is 2.81. The molecule has 0 atom stereocenters. The molecule has 0 saturated heterocycles. The van der Waals surface area contributed by atoms with Crippen LogP contribution in [0.15, 0.2) is 67.3 Å². The van der Waals surface area contributed by atoms with E-state index in [0.717, 1.165) is 24.0 Å². The van der Waals surface area contributed by atoms with Gasteiger partial charge in [-0.2, -0.15) is 0 Å². The fraction of sp³-hybridized carbons (Fsp3) is 0.333. The molecule has 0 aliphatic heterocycles. The highest BCUT2D eigenvalue weighted by Crippen LogP contribution is 2.26. The van der Waals surface area contributed by atoms with Crippen LogP contribution in [0, 0.1) is 0 Å². The van der Waals surface area contributed by atoms with Crippen LogP contribution >= 0.6 is 0 Å². The van der Waals surface area contributed by atoms with Gasteiger partial charge in [0.1, 0.15) is 0 Å². The summed E-state index contributed by atoms with van der Waals surface area (Å²) in [6.07, 6.45) is 7.03. The summed E-state index contributed by atoms with van der Waals surface area (Å²) in [6.45, 7) is 4.51. The fourth-order valence-corrected chi connectivity index (χ4v) is 3.73. The molecule has 3 rings (SSSR count). The van der Waals surface area contributed by atoms with E-state index in [1.807, 2.05) is 47.4 Å². The molecule has 0 spiro atoms. The van der Waals surface area contributed by atoms with Gasteiger partial charge in [0, 0.05) is 24.7 Å². The molecule has 146 valence electrons. The zero-order valence-electron chi connectivity index (χ0n) is 16.3. The molecule has 4 nitrogen and oxygen atoms in total. The molecule has 4 heteroatoms. The Morgan fingerprint density at radius 2 is 1.64 bits per heavy atom. The van der Waals surface area contributed by atoms with Crippen LogP contribution in [0.4, 0.5) is 0 Å². The summed E-state index contributed by atoms with van der Waals surface area (Å²) in [7, 11) is 0. The minimum atomic E-state index is -0.202. The van der Waals surface area contributed by atoms with Crippen molar-refractivity contribution in [3.63, 3.8) is 0 Å². The lowest BCUT2D eigenvalue weighted by atomic mass is 9.93. The normalized spacial score (nSPS) is 14.3. The van der Waals surface area contributed by atoms with Crippen molar-refractivity contribution in [2.24, 2.45) is 0 Å². The van der Waals surface area contributed by atoms with E-state index in [-0.39, 0.29) is 11.8 Å². The summed E-state index contributed by atoms with van der Waals surface area (Å²) in [4.78, 5) is 26.7. The van der Waals surface area contributed by atoms with Crippen LogP contribution in [-0.2, 0) is 17.9 Å². The van der Waals surface area contributed by atoms with Crippen LogP contribution in [0.2, 0.25) is 0 Å². The molecular formula is C24H28N2O2. The summed E-state index contributed by atoms with van der Waals surface area (Å²) < 4.78 is 0. The maximum Gasteiger partial charge on any atom is 0.254 e. The molecule has 1 aliphatic carbocycles. The van der Waals surface area contributed by atoms with Crippen molar-refractivity contribution in [2.75, 3.05) is 0 Å². The number of rotatable bonds is 7. The number of benzene rings is 2. The van der Waals surface area contributed by atoms with E-state index in [1.165, 1.54) is 25.3 Å². The second-order valence-corrected chi connectivity index (χ2v) is 7.33. The molecular weight excluding hydrogens is 348 g/mol. The average molecular weight is 377 g/mol. The lowest BCUT2D eigenvalue weighted by Gasteiger charge is -2.34. The van der Waals surface area contributed by atoms with Crippen LogP contribution < -0.4 is 5.32 Å². The predicted molar refractivity (Wildman–Crippen MR) is 112 cm³/mol. The van der Waals surface area contributed by atoms with Gasteiger partial charge in [0.15, 0.2) is 0 Å². The zero-order valence-corrected chi connectivity index (χ0v) is 16.3. The minimum absolute atomic E-state index is 0.0810. The maximum atomic E-state index is 13.3. The first kappa shape index (κ1) is 19.9. The van der Waals surface area contributed by atoms with Crippen molar-refractivity contribution >= 4 is 11.8 Å². The van der Waals surface area contributed by atoms with E-state index < -0.39 is 0 Å². The molecule has 2 aromatic rings. The third kappa shape index (κ3) is 5.32. The quantitative estimate of drug-likeness (QED) is 0.725. The predicted octanol–water partition coefficient (Wildman–Crippen LogP) is 4.46. The third-order valence-corrected chi connectivity index (χ3v) is 5.33. The molecule has 2 amide bonds.